The van der Waals surface area contributed by atoms with Crippen molar-refractivity contribution in [3.63, 3.8) is 0 Å². The molecule has 0 fully saturated rings. The lowest BCUT2D eigenvalue weighted by atomic mass is 9.86. The van der Waals surface area contributed by atoms with Crippen LogP contribution in [0.15, 0.2) is 51.7 Å². The summed E-state index contributed by atoms with van der Waals surface area (Å²) in [6.45, 7) is 7.90. The van der Waals surface area contributed by atoms with Gasteiger partial charge in [0.25, 0.3) is 0 Å². The van der Waals surface area contributed by atoms with Gasteiger partial charge in [0.2, 0.25) is 11.2 Å². The molecular formula is C23H23ClO5. The zero-order valence-corrected chi connectivity index (χ0v) is 17.6. The van der Waals surface area contributed by atoms with Crippen molar-refractivity contribution in [3.8, 4) is 17.1 Å². The number of halogens is 1. The van der Waals surface area contributed by atoms with E-state index in [2.05, 4.69) is 20.8 Å². The highest BCUT2D eigenvalue weighted by Gasteiger charge is 2.20. The first kappa shape index (κ1) is 20.9. The van der Waals surface area contributed by atoms with Crippen molar-refractivity contribution in [1.82, 2.24) is 0 Å². The Labute approximate surface area is 174 Å². The predicted molar refractivity (Wildman–Crippen MR) is 114 cm³/mol. The van der Waals surface area contributed by atoms with Crippen LogP contribution in [-0.2, 0) is 14.9 Å². The van der Waals surface area contributed by atoms with E-state index in [0.29, 0.717) is 16.2 Å². The third-order valence-corrected chi connectivity index (χ3v) is 4.70. The van der Waals surface area contributed by atoms with Crippen LogP contribution in [0.5, 0.6) is 5.75 Å². The van der Waals surface area contributed by atoms with Crippen LogP contribution in [0, 0.1) is 0 Å². The summed E-state index contributed by atoms with van der Waals surface area (Å²) < 4.78 is 16.4. The Kier molecular flexibility index (Phi) is 5.99. The first-order chi connectivity index (χ1) is 13.7. The number of rotatable bonds is 5. The normalized spacial score (nSPS) is 11.5. The number of hydrogen-bond acceptors (Lipinski definition) is 5. The minimum Gasteiger partial charge on any atom is -0.474 e. The maximum Gasteiger partial charge on any atom is 0.344 e. The van der Waals surface area contributed by atoms with Crippen LogP contribution in [0.2, 0.25) is 5.02 Å². The third-order valence-electron chi connectivity index (χ3n) is 4.46. The Balaban J connectivity index is 2.13. The fraction of sp³-hybridized carbons (Fsp3) is 0.304. The van der Waals surface area contributed by atoms with Gasteiger partial charge in [0, 0.05) is 10.6 Å². The van der Waals surface area contributed by atoms with Crippen molar-refractivity contribution in [2.45, 2.75) is 33.1 Å². The molecule has 0 radical (unpaired) electrons. The Morgan fingerprint density at radius 2 is 1.79 bits per heavy atom. The second-order valence-electron chi connectivity index (χ2n) is 7.65. The van der Waals surface area contributed by atoms with Gasteiger partial charge >= 0.3 is 5.97 Å². The summed E-state index contributed by atoms with van der Waals surface area (Å²) in [6.07, 6.45) is 0. The van der Waals surface area contributed by atoms with Crippen LogP contribution >= 0.6 is 11.6 Å². The molecule has 0 spiro atoms. The van der Waals surface area contributed by atoms with Crippen molar-refractivity contribution in [2.75, 3.05) is 13.2 Å². The molecular weight excluding hydrogens is 392 g/mol. The van der Waals surface area contributed by atoms with Gasteiger partial charge in [-0.15, -0.1) is 0 Å². The molecule has 0 aliphatic rings. The number of esters is 1. The van der Waals surface area contributed by atoms with E-state index in [1.54, 1.807) is 19.1 Å². The van der Waals surface area contributed by atoms with Gasteiger partial charge in [-0.05, 0) is 36.1 Å². The molecule has 0 atom stereocenters. The molecule has 3 rings (SSSR count). The van der Waals surface area contributed by atoms with E-state index in [1.807, 2.05) is 24.3 Å². The van der Waals surface area contributed by atoms with E-state index in [4.69, 9.17) is 25.5 Å². The molecule has 0 saturated carbocycles. The first-order valence-corrected chi connectivity index (χ1v) is 9.74. The quantitative estimate of drug-likeness (QED) is 0.526. The molecule has 1 heterocycles. The van der Waals surface area contributed by atoms with Crippen molar-refractivity contribution in [1.29, 1.82) is 0 Å². The molecule has 0 unspecified atom stereocenters. The Morgan fingerprint density at radius 3 is 2.41 bits per heavy atom. The van der Waals surface area contributed by atoms with Crippen LogP contribution in [-0.4, -0.2) is 19.2 Å². The Morgan fingerprint density at radius 1 is 1.10 bits per heavy atom. The van der Waals surface area contributed by atoms with E-state index >= 15 is 0 Å². The van der Waals surface area contributed by atoms with Crippen LogP contribution in [0.25, 0.3) is 22.3 Å². The minimum atomic E-state index is -0.563. The van der Waals surface area contributed by atoms with Gasteiger partial charge in [0.05, 0.1) is 12.0 Å². The predicted octanol–water partition coefficient (Wildman–Crippen LogP) is 5.35. The third kappa shape index (κ3) is 4.62. The van der Waals surface area contributed by atoms with Crippen molar-refractivity contribution < 1.29 is 18.7 Å². The van der Waals surface area contributed by atoms with Crippen LogP contribution in [0.1, 0.15) is 33.3 Å². The zero-order valence-electron chi connectivity index (χ0n) is 16.9. The maximum atomic E-state index is 13.1. The lowest BCUT2D eigenvalue weighted by Crippen LogP contribution is -2.18. The monoisotopic (exact) mass is 414 g/mol. The molecule has 3 aromatic rings. The highest BCUT2D eigenvalue weighted by atomic mass is 35.5. The summed E-state index contributed by atoms with van der Waals surface area (Å²) in [4.78, 5) is 24.8. The van der Waals surface area contributed by atoms with E-state index in [1.165, 1.54) is 6.07 Å². The SMILES string of the molecule is CCOC(=O)COc1c(-c2ccc(C(C)(C)C)cc2)oc2ccc(Cl)cc2c1=O. The molecule has 6 heteroatoms. The summed E-state index contributed by atoms with van der Waals surface area (Å²) >= 11 is 6.03. The summed E-state index contributed by atoms with van der Waals surface area (Å²) in [5.74, 6) is -0.349. The van der Waals surface area contributed by atoms with Gasteiger partial charge in [0.15, 0.2) is 12.4 Å². The standard InChI is InChI=1S/C23H23ClO5/c1-5-27-19(25)13-28-22-20(26)17-12-16(24)10-11-18(17)29-21(22)14-6-8-15(9-7-14)23(2,3)4/h6-12H,5,13H2,1-4H3. The Hall–Kier alpha value is -2.79. The van der Waals surface area contributed by atoms with Crippen molar-refractivity contribution >= 4 is 28.5 Å². The lowest BCUT2D eigenvalue weighted by Gasteiger charge is -2.19. The van der Waals surface area contributed by atoms with Gasteiger partial charge in [-0.1, -0.05) is 56.6 Å². The minimum absolute atomic E-state index is 0.0112. The topological polar surface area (TPSA) is 65.7 Å². The molecule has 2 aromatic carbocycles. The van der Waals surface area contributed by atoms with E-state index < -0.39 is 18.0 Å². The van der Waals surface area contributed by atoms with E-state index in [0.717, 1.165) is 5.56 Å². The van der Waals surface area contributed by atoms with Gasteiger partial charge in [-0.25, -0.2) is 4.79 Å². The van der Waals surface area contributed by atoms with Crippen LogP contribution in [0.3, 0.4) is 0 Å². The van der Waals surface area contributed by atoms with Crippen molar-refractivity contribution in [3.05, 3.63) is 63.3 Å². The van der Waals surface area contributed by atoms with Gasteiger partial charge in [0.1, 0.15) is 5.58 Å². The summed E-state index contributed by atoms with van der Waals surface area (Å²) in [6, 6.07) is 12.5. The summed E-state index contributed by atoms with van der Waals surface area (Å²) in [5.41, 5.74) is 1.80. The van der Waals surface area contributed by atoms with Gasteiger partial charge < -0.3 is 13.9 Å². The molecule has 0 aliphatic heterocycles. The number of hydrogen-bond donors (Lipinski definition) is 0. The molecule has 0 N–H and O–H groups in total. The molecule has 5 nitrogen and oxygen atoms in total. The highest BCUT2D eigenvalue weighted by Crippen LogP contribution is 2.33. The smallest absolute Gasteiger partial charge is 0.344 e. The van der Waals surface area contributed by atoms with Crippen LogP contribution < -0.4 is 10.2 Å². The average Bonchev–Trinajstić information content (AvgIpc) is 2.67. The van der Waals surface area contributed by atoms with E-state index in [-0.39, 0.29) is 28.9 Å². The largest absolute Gasteiger partial charge is 0.474 e. The van der Waals surface area contributed by atoms with Crippen LogP contribution in [0.4, 0.5) is 0 Å². The number of carbonyl (C=O) groups is 1. The number of carbonyl (C=O) groups excluding carboxylic acids is 1. The summed E-state index contributed by atoms with van der Waals surface area (Å²) in [5, 5.41) is 0.690. The molecule has 1 aromatic heterocycles. The average molecular weight is 415 g/mol. The second kappa shape index (κ2) is 8.29. The number of benzene rings is 2. The molecule has 0 aliphatic carbocycles. The second-order valence-corrected chi connectivity index (χ2v) is 8.09. The molecule has 152 valence electrons. The lowest BCUT2D eigenvalue weighted by molar-refractivity contribution is -0.145. The fourth-order valence-corrected chi connectivity index (χ4v) is 3.10. The highest BCUT2D eigenvalue weighted by molar-refractivity contribution is 6.31. The fourth-order valence-electron chi connectivity index (χ4n) is 2.93. The van der Waals surface area contributed by atoms with E-state index in [9.17, 15) is 9.59 Å². The number of fused-ring (bicyclic) bond motifs is 1. The molecule has 0 saturated heterocycles. The van der Waals surface area contributed by atoms with Gasteiger partial charge in [-0.3, -0.25) is 4.79 Å². The first-order valence-electron chi connectivity index (χ1n) is 9.36. The summed E-state index contributed by atoms with van der Waals surface area (Å²) in [7, 11) is 0. The number of ether oxygens (including phenoxy) is 2. The van der Waals surface area contributed by atoms with Gasteiger partial charge in [-0.2, -0.15) is 0 Å². The molecule has 0 bridgehead atoms. The molecule has 29 heavy (non-hydrogen) atoms. The Bertz CT molecular complexity index is 1090. The molecule has 0 amide bonds. The van der Waals surface area contributed by atoms with Crippen molar-refractivity contribution in [2.24, 2.45) is 0 Å². The zero-order chi connectivity index (χ0) is 21.2. The maximum absolute atomic E-state index is 13.1.